The Morgan fingerprint density at radius 2 is 2.06 bits per heavy atom. The summed E-state index contributed by atoms with van der Waals surface area (Å²) in [6, 6.07) is 2.51. The summed E-state index contributed by atoms with van der Waals surface area (Å²) in [6.45, 7) is 5.16. The molecule has 1 amide bonds. The minimum atomic E-state index is -0.566. The maximum atomic E-state index is 13.3. The fraction of sp³-hybridized carbons (Fsp3) is 0.417. The van der Waals surface area contributed by atoms with Crippen LogP contribution in [0.4, 0.5) is 15.8 Å². The fourth-order valence-electron chi connectivity index (χ4n) is 1.57. The monoisotopic (exact) mass is 273 g/mol. The number of hydrogen-bond acceptors (Lipinski definition) is 3. The zero-order valence-electron chi connectivity index (χ0n) is 10.5. The number of carbonyl (C=O) groups excluding carboxylic acids is 1. The zero-order chi connectivity index (χ0) is 13.7. The first kappa shape index (κ1) is 14.6. The van der Waals surface area contributed by atoms with Crippen LogP contribution in [0.1, 0.15) is 13.8 Å². The minimum absolute atomic E-state index is 0.0341. The smallest absolute Gasteiger partial charge is 0.241 e. The molecule has 0 atom stereocenters. The quantitative estimate of drug-likeness (QED) is 0.810. The van der Waals surface area contributed by atoms with Crippen LogP contribution in [0, 0.1) is 5.82 Å². The molecule has 4 nitrogen and oxygen atoms in total. The van der Waals surface area contributed by atoms with Crippen molar-refractivity contribution in [3.63, 3.8) is 0 Å². The second-order valence-corrected chi connectivity index (χ2v) is 4.18. The summed E-state index contributed by atoms with van der Waals surface area (Å²) in [4.78, 5) is 13.4. The lowest BCUT2D eigenvalue weighted by atomic mass is 10.2. The van der Waals surface area contributed by atoms with Crippen LogP contribution in [0.25, 0.3) is 0 Å². The van der Waals surface area contributed by atoms with Gasteiger partial charge in [-0.15, -0.1) is 0 Å². The van der Waals surface area contributed by atoms with Crippen molar-refractivity contribution in [3.8, 4) is 0 Å². The molecule has 1 aromatic rings. The molecule has 0 aliphatic rings. The van der Waals surface area contributed by atoms with E-state index in [1.807, 2.05) is 13.8 Å². The Morgan fingerprint density at radius 1 is 1.44 bits per heavy atom. The average molecular weight is 274 g/mol. The van der Waals surface area contributed by atoms with Crippen LogP contribution in [-0.4, -0.2) is 30.4 Å². The van der Waals surface area contributed by atoms with Gasteiger partial charge in [0.2, 0.25) is 5.91 Å². The lowest BCUT2D eigenvalue weighted by molar-refractivity contribution is -0.128. The van der Waals surface area contributed by atoms with Gasteiger partial charge in [-0.05, 0) is 19.9 Å². The molecule has 0 radical (unpaired) electrons. The van der Waals surface area contributed by atoms with Crippen LogP contribution < -0.4 is 11.1 Å². The molecule has 1 aromatic carbocycles. The first-order valence-corrected chi connectivity index (χ1v) is 6.13. The van der Waals surface area contributed by atoms with Crippen LogP contribution in [0.15, 0.2) is 12.1 Å². The standard InChI is InChI=1S/C12H17ClFN3O/c1-3-17(4-2)12(18)7-16-11-6-9(14)8(13)5-10(11)15/h5-6,16H,3-4,7,15H2,1-2H3. The zero-order valence-corrected chi connectivity index (χ0v) is 11.2. The number of likely N-dealkylation sites (N-methyl/N-ethyl adjacent to an activating group) is 1. The SMILES string of the molecule is CCN(CC)C(=O)CNc1cc(F)c(Cl)cc1N. The van der Waals surface area contributed by atoms with Crippen molar-refractivity contribution >= 4 is 28.9 Å². The maximum absolute atomic E-state index is 13.3. The summed E-state index contributed by atoms with van der Waals surface area (Å²) in [5.41, 5.74) is 6.37. The molecule has 0 bridgehead atoms. The number of nitrogen functional groups attached to an aromatic ring is 1. The van der Waals surface area contributed by atoms with Crippen molar-refractivity contribution in [1.82, 2.24) is 4.90 Å². The molecule has 100 valence electrons. The van der Waals surface area contributed by atoms with Crippen molar-refractivity contribution in [3.05, 3.63) is 23.0 Å². The van der Waals surface area contributed by atoms with Crippen LogP contribution in [0.3, 0.4) is 0 Å². The molecule has 18 heavy (non-hydrogen) atoms. The number of hydrogen-bond donors (Lipinski definition) is 2. The average Bonchev–Trinajstić information content (AvgIpc) is 2.33. The molecular weight excluding hydrogens is 257 g/mol. The van der Waals surface area contributed by atoms with E-state index < -0.39 is 5.82 Å². The summed E-state index contributed by atoms with van der Waals surface area (Å²) >= 11 is 5.59. The van der Waals surface area contributed by atoms with E-state index in [0.717, 1.165) is 0 Å². The molecule has 0 unspecified atom stereocenters. The highest BCUT2D eigenvalue weighted by atomic mass is 35.5. The summed E-state index contributed by atoms with van der Waals surface area (Å²) in [5, 5.41) is 2.78. The van der Waals surface area contributed by atoms with Gasteiger partial charge in [-0.1, -0.05) is 11.6 Å². The van der Waals surface area contributed by atoms with Crippen LogP contribution in [0.5, 0.6) is 0 Å². The summed E-state index contributed by atoms with van der Waals surface area (Å²) in [7, 11) is 0. The number of halogens is 2. The molecule has 0 aromatic heterocycles. The van der Waals surface area contributed by atoms with Crippen molar-refractivity contribution in [2.45, 2.75) is 13.8 Å². The van der Waals surface area contributed by atoms with Gasteiger partial charge in [0.05, 0.1) is 22.9 Å². The number of nitrogens with zero attached hydrogens (tertiary/aromatic N) is 1. The number of carbonyl (C=O) groups is 1. The van der Waals surface area contributed by atoms with E-state index in [1.54, 1.807) is 4.90 Å². The first-order valence-electron chi connectivity index (χ1n) is 5.75. The van der Waals surface area contributed by atoms with E-state index in [-0.39, 0.29) is 17.5 Å². The maximum Gasteiger partial charge on any atom is 0.241 e. The number of anilines is 2. The third kappa shape index (κ3) is 3.50. The summed E-state index contributed by atoms with van der Waals surface area (Å²) in [5.74, 6) is -0.626. The highest BCUT2D eigenvalue weighted by Crippen LogP contribution is 2.25. The molecule has 0 saturated heterocycles. The Hall–Kier alpha value is -1.49. The number of rotatable bonds is 5. The second kappa shape index (κ2) is 6.44. The third-order valence-corrected chi connectivity index (χ3v) is 2.93. The second-order valence-electron chi connectivity index (χ2n) is 3.77. The number of nitrogens with one attached hydrogen (secondary N) is 1. The molecule has 0 aliphatic heterocycles. The third-order valence-electron chi connectivity index (χ3n) is 2.64. The molecule has 0 spiro atoms. The number of amides is 1. The van der Waals surface area contributed by atoms with Gasteiger partial charge in [0.15, 0.2) is 0 Å². The van der Waals surface area contributed by atoms with Gasteiger partial charge < -0.3 is 16.0 Å². The van der Waals surface area contributed by atoms with E-state index >= 15 is 0 Å². The van der Waals surface area contributed by atoms with E-state index in [9.17, 15) is 9.18 Å². The van der Waals surface area contributed by atoms with Gasteiger partial charge in [-0.25, -0.2) is 4.39 Å². The molecule has 0 fully saturated rings. The van der Waals surface area contributed by atoms with Crippen LogP contribution in [-0.2, 0) is 4.79 Å². The van der Waals surface area contributed by atoms with E-state index in [1.165, 1.54) is 12.1 Å². The highest BCUT2D eigenvalue weighted by Gasteiger charge is 2.11. The predicted molar refractivity (Wildman–Crippen MR) is 72.2 cm³/mol. The van der Waals surface area contributed by atoms with E-state index in [2.05, 4.69) is 5.32 Å². The van der Waals surface area contributed by atoms with E-state index in [4.69, 9.17) is 17.3 Å². The number of nitrogens with two attached hydrogens (primary N) is 1. The lowest BCUT2D eigenvalue weighted by Crippen LogP contribution is -2.35. The van der Waals surface area contributed by atoms with Gasteiger partial charge in [-0.3, -0.25) is 4.79 Å². The summed E-state index contributed by atoms with van der Waals surface area (Å²) in [6.07, 6.45) is 0. The van der Waals surface area contributed by atoms with Gasteiger partial charge in [0.1, 0.15) is 5.82 Å². The molecule has 0 heterocycles. The minimum Gasteiger partial charge on any atom is -0.397 e. The molecule has 6 heteroatoms. The molecule has 3 N–H and O–H groups in total. The van der Waals surface area contributed by atoms with Crippen LogP contribution in [0.2, 0.25) is 5.02 Å². The van der Waals surface area contributed by atoms with Gasteiger partial charge >= 0.3 is 0 Å². The molecule has 0 saturated carbocycles. The van der Waals surface area contributed by atoms with Crippen molar-refractivity contribution < 1.29 is 9.18 Å². The Morgan fingerprint density at radius 3 is 2.61 bits per heavy atom. The molecule has 0 aliphatic carbocycles. The molecular formula is C12H17ClFN3O. The van der Waals surface area contributed by atoms with Crippen LogP contribution >= 0.6 is 11.6 Å². The van der Waals surface area contributed by atoms with E-state index in [0.29, 0.717) is 24.5 Å². The summed E-state index contributed by atoms with van der Waals surface area (Å²) < 4.78 is 13.3. The molecule has 1 rings (SSSR count). The van der Waals surface area contributed by atoms with Crippen molar-refractivity contribution in [2.75, 3.05) is 30.7 Å². The Labute approximate surface area is 111 Å². The fourth-order valence-corrected chi connectivity index (χ4v) is 1.75. The first-order chi connectivity index (χ1) is 8.49. The van der Waals surface area contributed by atoms with Crippen molar-refractivity contribution in [1.29, 1.82) is 0 Å². The van der Waals surface area contributed by atoms with Crippen molar-refractivity contribution in [2.24, 2.45) is 0 Å². The lowest BCUT2D eigenvalue weighted by Gasteiger charge is -2.19. The Bertz CT molecular complexity index is 436. The predicted octanol–water partition coefficient (Wildman–Crippen LogP) is 2.34. The van der Waals surface area contributed by atoms with Gasteiger partial charge in [0, 0.05) is 19.2 Å². The highest BCUT2D eigenvalue weighted by molar-refractivity contribution is 6.31. The van der Waals surface area contributed by atoms with Gasteiger partial charge in [-0.2, -0.15) is 0 Å². The Kier molecular flexibility index (Phi) is 5.22. The van der Waals surface area contributed by atoms with Gasteiger partial charge in [0.25, 0.3) is 0 Å². The topological polar surface area (TPSA) is 58.4 Å². The number of benzene rings is 1. The largest absolute Gasteiger partial charge is 0.397 e. The normalized spacial score (nSPS) is 10.2. The Balaban J connectivity index is 2.69.